The first-order valence-electron chi connectivity index (χ1n) is 16.3. The van der Waals surface area contributed by atoms with Crippen molar-refractivity contribution in [2.75, 3.05) is 13.2 Å². The van der Waals surface area contributed by atoms with Crippen molar-refractivity contribution in [1.29, 1.82) is 0 Å². The van der Waals surface area contributed by atoms with Gasteiger partial charge in [-0.2, -0.15) is 0 Å². The zero-order valence-electron chi connectivity index (χ0n) is 29.4. The first-order chi connectivity index (χ1) is 23.8. The molecule has 2 aromatic carbocycles. The Bertz CT molecular complexity index is 1460. The summed E-state index contributed by atoms with van der Waals surface area (Å²) in [5.41, 5.74) is -1.71. The summed E-state index contributed by atoms with van der Waals surface area (Å²) in [6.45, 7) is 11.7. The van der Waals surface area contributed by atoms with Crippen molar-refractivity contribution in [3.05, 3.63) is 66.2 Å². The number of alkyl halides is 3. The third-order valence-corrected chi connectivity index (χ3v) is 8.75. The Balaban J connectivity index is 1.73. The fraction of sp³-hybridized carbons (Fsp3) is 0.571. The molecule has 51 heavy (non-hydrogen) atoms. The van der Waals surface area contributed by atoms with Crippen LogP contribution in [-0.4, -0.2) is 88.3 Å². The van der Waals surface area contributed by atoms with Gasteiger partial charge in [-0.3, -0.25) is 0 Å². The lowest BCUT2D eigenvalue weighted by molar-refractivity contribution is -0.308. The van der Waals surface area contributed by atoms with Crippen LogP contribution in [0, 0.1) is 0 Å². The van der Waals surface area contributed by atoms with Crippen LogP contribution in [0.15, 0.2) is 65.6 Å². The molecule has 282 valence electrons. The first kappa shape index (κ1) is 41.3. The van der Waals surface area contributed by atoms with E-state index in [1.165, 1.54) is 11.8 Å². The third kappa shape index (κ3) is 13.1. The molecule has 2 aliphatic rings. The number of halogens is 3. The lowest BCUT2D eigenvalue weighted by atomic mass is 9.96. The molecule has 8 atom stereocenters. The number of ether oxygens (including phenoxy) is 7. The highest BCUT2D eigenvalue weighted by atomic mass is 35.6. The van der Waals surface area contributed by atoms with Crippen LogP contribution in [-0.2, 0) is 38.0 Å². The van der Waals surface area contributed by atoms with E-state index in [1.807, 2.05) is 81.4 Å². The fourth-order valence-electron chi connectivity index (χ4n) is 5.34. The van der Waals surface area contributed by atoms with Gasteiger partial charge in [0.2, 0.25) is 3.79 Å². The molecule has 0 saturated carbocycles. The summed E-state index contributed by atoms with van der Waals surface area (Å²) in [7, 11) is 0. The highest BCUT2D eigenvalue weighted by Gasteiger charge is 2.54. The molecule has 4 rings (SSSR count). The number of alkyl carbamates (subject to hydrolysis) is 2. The maximum atomic E-state index is 14.3. The monoisotopic (exact) mass is 790 g/mol. The van der Waals surface area contributed by atoms with Crippen molar-refractivity contribution < 1.29 is 47.5 Å². The number of esters is 1. The Morgan fingerprint density at radius 2 is 1.53 bits per heavy atom. The Labute approximate surface area is 317 Å². The molecule has 2 amide bonds. The normalized spacial score (nSPS) is 25.1. The molecule has 2 saturated heterocycles. The highest BCUT2D eigenvalue weighted by Crippen LogP contribution is 2.40. The molecule has 12 nitrogen and oxygen atoms in total. The predicted molar refractivity (Wildman–Crippen MR) is 193 cm³/mol. The van der Waals surface area contributed by atoms with E-state index in [4.69, 9.17) is 68.0 Å². The zero-order valence-corrected chi connectivity index (χ0v) is 32.5. The quantitative estimate of drug-likeness (QED) is 0.145. The van der Waals surface area contributed by atoms with E-state index < -0.39 is 88.0 Å². The van der Waals surface area contributed by atoms with Gasteiger partial charge >= 0.3 is 18.2 Å². The van der Waals surface area contributed by atoms with E-state index in [0.717, 1.165) is 4.90 Å². The average Bonchev–Trinajstić information content (AvgIpc) is 3.02. The largest absolute Gasteiger partial charge is 0.456 e. The van der Waals surface area contributed by atoms with Crippen LogP contribution in [0.25, 0.3) is 0 Å². The van der Waals surface area contributed by atoms with Gasteiger partial charge in [0.25, 0.3) is 0 Å². The molecule has 0 aromatic heterocycles. The maximum Gasteiger partial charge on any atom is 0.408 e. The van der Waals surface area contributed by atoms with Crippen molar-refractivity contribution in [1.82, 2.24) is 10.6 Å². The van der Waals surface area contributed by atoms with Crippen LogP contribution in [0.1, 0.15) is 60.3 Å². The number of hydrogen-bond donors (Lipinski definition) is 2. The number of nitrogens with one attached hydrogen (secondary N) is 2. The number of carbonyl (C=O) groups excluding carboxylic acids is 3. The SMILES string of the molecule is C[C@@H](OC(C)(C)C)[C@H](NC(=O)OC(C)(C)C)C(=O)O[C@@H]1[C@@H](NC(=O)OCC(Cl)(Cl)Cl)[C@H](Sc2ccccc2)O[C@@H]2COC(c3ccccc3)O[C@@H]12. The molecular weight excluding hydrogens is 747 g/mol. The van der Waals surface area contributed by atoms with E-state index in [0.29, 0.717) is 5.56 Å². The van der Waals surface area contributed by atoms with E-state index in [1.54, 1.807) is 27.7 Å². The lowest BCUT2D eigenvalue weighted by Gasteiger charge is -2.49. The summed E-state index contributed by atoms with van der Waals surface area (Å²) in [5.74, 6) is -0.875. The number of rotatable bonds is 10. The molecule has 2 N–H and O–H groups in total. The number of amides is 2. The summed E-state index contributed by atoms with van der Waals surface area (Å²) in [6, 6.07) is 16.1. The first-order valence-corrected chi connectivity index (χ1v) is 18.4. The van der Waals surface area contributed by atoms with Gasteiger partial charge in [-0.1, -0.05) is 95.1 Å². The van der Waals surface area contributed by atoms with Gasteiger partial charge in [-0.15, -0.1) is 0 Å². The Morgan fingerprint density at radius 1 is 0.902 bits per heavy atom. The standard InChI is InChI=1S/C35H45Cl3N2O10S/c1-20(49-33(2,3)4)24(39-32(43)50-34(5,6)7)28(41)47-27-25(40-31(42)45-19-35(36,37)38)30(51-22-16-12-9-13-17-22)46-23-18-44-29(48-26(23)27)21-14-10-8-11-15-21/h8-17,20,23-27,29-30H,18-19H2,1-7H3,(H,39,43)(H,40,42)/t20-,23-,24+,25-,26-,27-,29?,30+/m1/s1. The fourth-order valence-corrected chi connectivity index (χ4v) is 6.65. The van der Waals surface area contributed by atoms with Gasteiger partial charge < -0.3 is 43.8 Å². The van der Waals surface area contributed by atoms with Crippen LogP contribution < -0.4 is 10.6 Å². The molecule has 2 aliphatic heterocycles. The van der Waals surface area contributed by atoms with Gasteiger partial charge in [0.1, 0.15) is 35.9 Å². The Hall–Kier alpha value is -2.49. The molecule has 0 spiro atoms. The van der Waals surface area contributed by atoms with E-state index in [2.05, 4.69) is 10.6 Å². The topological polar surface area (TPSA) is 140 Å². The van der Waals surface area contributed by atoms with E-state index in [-0.39, 0.29) is 6.61 Å². The summed E-state index contributed by atoms with van der Waals surface area (Å²) < 4.78 is 40.2. The van der Waals surface area contributed by atoms with Gasteiger partial charge in [0.15, 0.2) is 18.4 Å². The molecule has 16 heteroatoms. The molecule has 0 radical (unpaired) electrons. The minimum Gasteiger partial charge on any atom is -0.456 e. The molecule has 1 unspecified atom stereocenters. The third-order valence-electron chi connectivity index (χ3n) is 7.24. The van der Waals surface area contributed by atoms with Gasteiger partial charge in [-0.05, 0) is 60.6 Å². The van der Waals surface area contributed by atoms with Crippen molar-refractivity contribution in [2.45, 2.75) is 117 Å². The zero-order chi connectivity index (χ0) is 37.6. The molecular formula is C35H45Cl3N2O10S. The van der Waals surface area contributed by atoms with Crippen LogP contribution in [0.5, 0.6) is 0 Å². The summed E-state index contributed by atoms with van der Waals surface area (Å²) in [4.78, 5) is 41.4. The predicted octanol–water partition coefficient (Wildman–Crippen LogP) is 7.09. The van der Waals surface area contributed by atoms with Crippen molar-refractivity contribution in [2.24, 2.45) is 0 Å². The van der Waals surface area contributed by atoms with Crippen molar-refractivity contribution in [3.63, 3.8) is 0 Å². The van der Waals surface area contributed by atoms with Crippen LogP contribution >= 0.6 is 46.6 Å². The second-order valence-corrected chi connectivity index (χ2v) is 17.7. The van der Waals surface area contributed by atoms with E-state index in [9.17, 15) is 14.4 Å². The molecule has 0 bridgehead atoms. The lowest BCUT2D eigenvalue weighted by Crippen LogP contribution is -2.67. The minimum absolute atomic E-state index is 0.0671. The van der Waals surface area contributed by atoms with Gasteiger partial charge in [0.05, 0.1) is 18.3 Å². The summed E-state index contributed by atoms with van der Waals surface area (Å²) in [6.07, 6.45) is -6.51. The molecule has 2 heterocycles. The number of benzene rings is 2. The van der Waals surface area contributed by atoms with Crippen molar-refractivity contribution >= 4 is 64.7 Å². The number of hydrogen-bond acceptors (Lipinski definition) is 11. The maximum absolute atomic E-state index is 14.3. The number of carbonyl (C=O) groups is 3. The van der Waals surface area contributed by atoms with Crippen LogP contribution in [0.2, 0.25) is 0 Å². The Kier molecular flexibility index (Phi) is 14.2. The Morgan fingerprint density at radius 3 is 2.12 bits per heavy atom. The number of fused-ring (bicyclic) bond motifs is 1. The summed E-state index contributed by atoms with van der Waals surface area (Å²) >= 11 is 18.8. The average molecular weight is 792 g/mol. The van der Waals surface area contributed by atoms with E-state index >= 15 is 0 Å². The smallest absolute Gasteiger partial charge is 0.408 e. The second-order valence-electron chi connectivity index (χ2n) is 14.0. The molecule has 2 fully saturated rings. The number of thioether (sulfide) groups is 1. The van der Waals surface area contributed by atoms with Gasteiger partial charge in [-0.25, -0.2) is 14.4 Å². The molecule has 2 aromatic rings. The van der Waals surface area contributed by atoms with Gasteiger partial charge in [0, 0.05) is 10.5 Å². The van der Waals surface area contributed by atoms with Crippen LogP contribution in [0.3, 0.4) is 0 Å². The minimum atomic E-state index is -1.88. The summed E-state index contributed by atoms with van der Waals surface area (Å²) in [5, 5.41) is 5.38. The molecule has 0 aliphatic carbocycles. The van der Waals surface area contributed by atoms with Crippen LogP contribution in [0.4, 0.5) is 9.59 Å². The second kappa shape index (κ2) is 17.6. The van der Waals surface area contributed by atoms with Crippen molar-refractivity contribution in [3.8, 4) is 0 Å². The highest BCUT2D eigenvalue weighted by molar-refractivity contribution is 7.99.